The Balaban J connectivity index is 1.96. The number of carbonyl (C=O) groups excluding carboxylic acids is 1. The summed E-state index contributed by atoms with van der Waals surface area (Å²) in [7, 11) is 0. The second kappa shape index (κ2) is 5.57. The van der Waals surface area contributed by atoms with Crippen molar-refractivity contribution >= 4 is 21.8 Å². The molecule has 2 atom stereocenters. The fourth-order valence-corrected chi connectivity index (χ4v) is 2.78. The minimum Gasteiger partial charge on any atom is -0.349 e. The zero-order chi connectivity index (χ0) is 14.0. The molecule has 1 aromatic carbocycles. The highest BCUT2D eigenvalue weighted by atomic mass is 79.9. The van der Waals surface area contributed by atoms with Crippen LogP contribution < -0.4 is 5.32 Å². The first-order valence-corrected chi connectivity index (χ1v) is 7.10. The van der Waals surface area contributed by atoms with Crippen LogP contribution in [0.2, 0.25) is 0 Å². The maximum absolute atomic E-state index is 13.1. The molecule has 1 amide bonds. The summed E-state index contributed by atoms with van der Waals surface area (Å²) in [5.74, 6) is -3.52. The van der Waals surface area contributed by atoms with Gasteiger partial charge in [0.2, 0.25) is 11.8 Å². The van der Waals surface area contributed by atoms with Crippen LogP contribution in [0, 0.1) is 5.92 Å². The van der Waals surface area contributed by atoms with Gasteiger partial charge in [-0.25, -0.2) is 8.78 Å². The van der Waals surface area contributed by atoms with Gasteiger partial charge in [-0.2, -0.15) is 0 Å². The lowest BCUT2D eigenvalue weighted by molar-refractivity contribution is -0.126. The molecule has 0 bridgehead atoms. The van der Waals surface area contributed by atoms with Gasteiger partial charge in [0.15, 0.2) is 0 Å². The number of hydrogen-bond donors (Lipinski definition) is 1. The molecule has 2 nitrogen and oxygen atoms in total. The van der Waals surface area contributed by atoms with E-state index < -0.39 is 11.8 Å². The molecule has 1 N–H and O–H groups in total. The zero-order valence-electron chi connectivity index (χ0n) is 10.6. The van der Waals surface area contributed by atoms with E-state index in [4.69, 9.17) is 0 Å². The molecule has 0 heterocycles. The molecule has 104 valence electrons. The number of carbonyl (C=O) groups is 1. The number of amides is 1. The smallest absolute Gasteiger partial charge is 0.248 e. The molecule has 1 aliphatic carbocycles. The van der Waals surface area contributed by atoms with E-state index in [0.29, 0.717) is 0 Å². The average Bonchev–Trinajstić information content (AvgIpc) is 2.69. The lowest BCUT2D eigenvalue weighted by atomic mass is 10.0. The Hall–Kier alpha value is -0.970. The van der Waals surface area contributed by atoms with Gasteiger partial charge in [0.05, 0.1) is 6.04 Å². The molecule has 19 heavy (non-hydrogen) atoms. The summed E-state index contributed by atoms with van der Waals surface area (Å²) in [5, 5.41) is 2.81. The van der Waals surface area contributed by atoms with Crippen molar-refractivity contribution in [1.82, 2.24) is 5.32 Å². The predicted molar refractivity (Wildman–Crippen MR) is 73.0 cm³/mol. The first-order chi connectivity index (χ1) is 8.87. The third kappa shape index (κ3) is 3.75. The summed E-state index contributed by atoms with van der Waals surface area (Å²) in [4.78, 5) is 11.9. The molecule has 5 heteroatoms. The Kier molecular flexibility index (Phi) is 4.23. The van der Waals surface area contributed by atoms with Gasteiger partial charge in [0, 0.05) is 23.2 Å². The van der Waals surface area contributed by atoms with Crippen LogP contribution in [0.1, 0.15) is 37.8 Å². The zero-order valence-corrected chi connectivity index (χ0v) is 12.2. The highest BCUT2D eigenvalue weighted by Crippen LogP contribution is 2.39. The van der Waals surface area contributed by atoms with Crippen LogP contribution in [0.25, 0.3) is 0 Å². The highest BCUT2D eigenvalue weighted by molar-refractivity contribution is 9.10. The van der Waals surface area contributed by atoms with Crippen molar-refractivity contribution in [2.24, 2.45) is 5.92 Å². The van der Waals surface area contributed by atoms with Crippen molar-refractivity contribution < 1.29 is 13.6 Å². The van der Waals surface area contributed by atoms with Crippen LogP contribution in [0.5, 0.6) is 0 Å². The van der Waals surface area contributed by atoms with Gasteiger partial charge >= 0.3 is 0 Å². The topological polar surface area (TPSA) is 29.1 Å². The van der Waals surface area contributed by atoms with Crippen molar-refractivity contribution in [3.8, 4) is 0 Å². The lowest BCUT2D eigenvalue weighted by Gasteiger charge is -2.17. The SMILES string of the molecule is CC(NC(=O)C1CCC(F)(F)C1)c1cccc(Br)c1. The van der Waals surface area contributed by atoms with Crippen molar-refractivity contribution in [3.05, 3.63) is 34.3 Å². The van der Waals surface area contributed by atoms with Gasteiger partial charge < -0.3 is 5.32 Å². The maximum Gasteiger partial charge on any atom is 0.248 e. The van der Waals surface area contributed by atoms with E-state index in [2.05, 4.69) is 21.2 Å². The van der Waals surface area contributed by atoms with E-state index in [1.165, 1.54) is 0 Å². The van der Waals surface area contributed by atoms with Gasteiger partial charge in [-0.15, -0.1) is 0 Å². The van der Waals surface area contributed by atoms with Gasteiger partial charge in [-0.05, 0) is 31.0 Å². The van der Waals surface area contributed by atoms with Crippen LogP contribution in [-0.4, -0.2) is 11.8 Å². The maximum atomic E-state index is 13.1. The van der Waals surface area contributed by atoms with Crippen LogP contribution in [0.15, 0.2) is 28.7 Å². The number of halogens is 3. The fourth-order valence-electron chi connectivity index (χ4n) is 2.36. The second-order valence-corrected chi connectivity index (χ2v) is 6.00. The molecule has 0 spiro atoms. The van der Waals surface area contributed by atoms with Crippen molar-refractivity contribution in [2.45, 2.75) is 38.2 Å². The summed E-state index contributed by atoms with van der Waals surface area (Å²) in [6.07, 6.45) is -0.246. The molecule has 2 unspecified atom stereocenters. The Morgan fingerprint density at radius 2 is 2.26 bits per heavy atom. The molecular formula is C14H16BrF2NO. The quantitative estimate of drug-likeness (QED) is 0.889. The number of benzene rings is 1. The van der Waals surface area contributed by atoms with E-state index in [0.717, 1.165) is 10.0 Å². The van der Waals surface area contributed by atoms with E-state index in [9.17, 15) is 13.6 Å². The summed E-state index contributed by atoms with van der Waals surface area (Å²) >= 11 is 3.37. The third-order valence-corrected chi connectivity index (χ3v) is 3.98. The van der Waals surface area contributed by atoms with Crippen LogP contribution >= 0.6 is 15.9 Å². The largest absolute Gasteiger partial charge is 0.349 e. The molecule has 0 aliphatic heterocycles. The van der Waals surface area contributed by atoms with Crippen molar-refractivity contribution in [3.63, 3.8) is 0 Å². The van der Waals surface area contributed by atoms with E-state index in [-0.39, 0.29) is 31.2 Å². The van der Waals surface area contributed by atoms with E-state index >= 15 is 0 Å². The third-order valence-electron chi connectivity index (χ3n) is 3.48. The first kappa shape index (κ1) is 14.4. The second-order valence-electron chi connectivity index (χ2n) is 5.08. The summed E-state index contributed by atoms with van der Waals surface area (Å²) in [6.45, 7) is 1.85. The average molecular weight is 332 g/mol. The number of alkyl halides is 2. The summed E-state index contributed by atoms with van der Waals surface area (Å²) in [6, 6.07) is 7.41. The van der Waals surface area contributed by atoms with Crippen LogP contribution in [0.4, 0.5) is 8.78 Å². The normalized spacial score (nSPS) is 23.1. The van der Waals surface area contributed by atoms with Crippen LogP contribution in [0.3, 0.4) is 0 Å². The molecule has 1 aliphatic rings. The van der Waals surface area contributed by atoms with E-state index in [1.807, 2.05) is 31.2 Å². The minimum atomic E-state index is -2.68. The first-order valence-electron chi connectivity index (χ1n) is 6.31. The molecule has 2 rings (SSSR count). The fraction of sp³-hybridized carbons (Fsp3) is 0.500. The lowest BCUT2D eigenvalue weighted by Crippen LogP contribution is -2.32. The Labute approximate surface area is 119 Å². The monoisotopic (exact) mass is 331 g/mol. The van der Waals surface area contributed by atoms with Gasteiger partial charge in [-0.3, -0.25) is 4.79 Å². The molecule has 1 saturated carbocycles. The summed E-state index contributed by atoms with van der Waals surface area (Å²) in [5.41, 5.74) is 0.951. The Morgan fingerprint density at radius 3 is 2.84 bits per heavy atom. The van der Waals surface area contributed by atoms with Gasteiger partial charge in [0.25, 0.3) is 0 Å². The van der Waals surface area contributed by atoms with Crippen molar-refractivity contribution in [2.75, 3.05) is 0 Å². The standard InChI is InChI=1S/C14H16BrF2NO/c1-9(10-3-2-4-12(15)7-10)18-13(19)11-5-6-14(16,17)8-11/h2-4,7,9,11H,5-6,8H2,1H3,(H,18,19). The number of nitrogens with one attached hydrogen (secondary N) is 1. The van der Waals surface area contributed by atoms with Crippen molar-refractivity contribution in [1.29, 1.82) is 0 Å². The van der Waals surface area contributed by atoms with E-state index in [1.54, 1.807) is 0 Å². The minimum absolute atomic E-state index is 0.181. The highest BCUT2D eigenvalue weighted by Gasteiger charge is 2.42. The van der Waals surface area contributed by atoms with Crippen LogP contribution in [-0.2, 0) is 4.79 Å². The predicted octanol–water partition coefficient (Wildman–Crippen LogP) is 4.06. The molecule has 1 fully saturated rings. The number of hydrogen-bond acceptors (Lipinski definition) is 1. The molecular weight excluding hydrogens is 316 g/mol. The molecule has 1 aromatic rings. The Morgan fingerprint density at radius 1 is 1.53 bits per heavy atom. The summed E-state index contributed by atoms with van der Waals surface area (Å²) < 4.78 is 27.1. The molecule has 0 saturated heterocycles. The van der Waals surface area contributed by atoms with Gasteiger partial charge in [0.1, 0.15) is 0 Å². The molecule has 0 radical (unpaired) electrons. The Bertz CT molecular complexity index is 478. The van der Waals surface area contributed by atoms with Gasteiger partial charge in [-0.1, -0.05) is 28.1 Å². The molecule has 0 aromatic heterocycles. The number of rotatable bonds is 3.